The van der Waals surface area contributed by atoms with Gasteiger partial charge in [-0.15, -0.1) is 0 Å². The first-order chi connectivity index (χ1) is 14.6. The predicted octanol–water partition coefficient (Wildman–Crippen LogP) is 2.64. The summed E-state index contributed by atoms with van der Waals surface area (Å²) in [6.07, 6.45) is 3.69. The van der Waals surface area contributed by atoms with Crippen LogP contribution < -0.4 is 5.32 Å². The van der Waals surface area contributed by atoms with Crippen molar-refractivity contribution in [3.05, 3.63) is 24.3 Å². The second-order valence-electron chi connectivity index (χ2n) is 8.55. The van der Waals surface area contributed by atoms with Crippen LogP contribution in [0, 0.1) is 5.92 Å². The van der Waals surface area contributed by atoms with Gasteiger partial charge in [-0.2, -0.15) is 4.31 Å². The van der Waals surface area contributed by atoms with Gasteiger partial charge in [0, 0.05) is 36.8 Å². The Labute approximate surface area is 186 Å². The lowest BCUT2D eigenvalue weighted by atomic mass is 9.97. The van der Waals surface area contributed by atoms with Crippen LogP contribution in [0.2, 0.25) is 0 Å². The van der Waals surface area contributed by atoms with Crippen LogP contribution in [0.15, 0.2) is 29.2 Å². The molecule has 1 amide bonds. The molecule has 2 heterocycles. The number of anilines is 1. The topological polar surface area (TPSA) is 104 Å². The van der Waals surface area contributed by atoms with E-state index in [9.17, 15) is 21.6 Å². The summed E-state index contributed by atoms with van der Waals surface area (Å²) in [5.41, 5.74) is 0.535. The molecule has 2 fully saturated rings. The molecule has 10 heteroatoms. The number of carbonyl (C=O) groups is 1. The van der Waals surface area contributed by atoms with E-state index in [0.29, 0.717) is 31.6 Å². The summed E-state index contributed by atoms with van der Waals surface area (Å²) in [4.78, 5) is 12.8. The molecule has 0 bridgehead atoms. The Morgan fingerprint density at radius 2 is 1.52 bits per heavy atom. The average Bonchev–Trinajstić information content (AvgIpc) is 2.74. The molecule has 1 N–H and O–H groups in total. The van der Waals surface area contributed by atoms with Crippen molar-refractivity contribution in [2.45, 2.75) is 69.9 Å². The fourth-order valence-corrected chi connectivity index (χ4v) is 7.54. The third-order valence-corrected chi connectivity index (χ3v) is 10.4. The van der Waals surface area contributed by atoms with Crippen LogP contribution in [-0.4, -0.2) is 62.3 Å². The highest BCUT2D eigenvalue weighted by Crippen LogP contribution is 2.30. The maximum absolute atomic E-state index is 13.1. The number of carbonyl (C=O) groups excluding carboxylic acids is 1. The number of amides is 1. The third-order valence-electron chi connectivity index (χ3n) is 6.39. The summed E-state index contributed by atoms with van der Waals surface area (Å²) in [5.74, 6) is -0.363. The lowest BCUT2D eigenvalue weighted by molar-refractivity contribution is -0.120. The minimum Gasteiger partial charge on any atom is -0.326 e. The first-order valence-corrected chi connectivity index (χ1v) is 14.0. The van der Waals surface area contributed by atoms with Gasteiger partial charge in [-0.25, -0.2) is 21.1 Å². The number of rotatable bonds is 6. The molecule has 174 valence electrons. The number of sulfonamides is 2. The Balaban J connectivity index is 1.63. The van der Waals surface area contributed by atoms with Crippen LogP contribution in [0.25, 0.3) is 0 Å². The van der Waals surface area contributed by atoms with Gasteiger partial charge in [0.25, 0.3) is 0 Å². The molecule has 0 saturated carbocycles. The van der Waals surface area contributed by atoms with E-state index >= 15 is 0 Å². The Bertz CT molecular complexity index is 974. The zero-order valence-corrected chi connectivity index (χ0v) is 20.1. The molecule has 2 aliphatic heterocycles. The zero-order chi connectivity index (χ0) is 22.8. The van der Waals surface area contributed by atoms with Crippen LogP contribution in [0.4, 0.5) is 5.69 Å². The SMILES string of the molecule is CCS(=O)(=O)N1CCC(C(=O)Nc2ccc(S(=O)(=O)N3[C@H](C)CCC[C@@H]3C)cc2)CC1. The van der Waals surface area contributed by atoms with E-state index in [2.05, 4.69) is 5.32 Å². The Hall–Kier alpha value is -1.49. The van der Waals surface area contributed by atoms with Gasteiger partial charge in [-0.3, -0.25) is 4.79 Å². The minimum atomic E-state index is -3.59. The Morgan fingerprint density at radius 3 is 2.03 bits per heavy atom. The number of hydrogen-bond acceptors (Lipinski definition) is 5. The van der Waals surface area contributed by atoms with Crippen molar-refractivity contribution in [1.29, 1.82) is 0 Å². The highest BCUT2D eigenvalue weighted by Gasteiger charge is 2.35. The fraction of sp³-hybridized carbons (Fsp3) is 0.667. The van der Waals surface area contributed by atoms with Gasteiger partial charge in [0.1, 0.15) is 0 Å². The van der Waals surface area contributed by atoms with Crippen LogP contribution in [-0.2, 0) is 24.8 Å². The first kappa shape index (κ1) is 24.2. The summed E-state index contributed by atoms with van der Waals surface area (Å²) in [7, 11) is -6.82. The van der Waals surface area contributed by atoms with Crippen molar-refractivity contribution >= 4 is 31.6 Å². The molecule has 0 aliphatic carbocycles. The number of hydrogen-bond donors (Lipinski definition) is 1. The Morgan fingerprint density at radius 1 is 0.968 bits per heavy atom. The van der Waals surface area contributed by atoms with Crippen molar-refractivity contribution in [2.75, 3.05) is 24.2 Å². The fourth-order valence-electron chi connectivity index (χ4n) is 4.53. The molecule has 3 rings (SSSR count). The van der Waals surface area contributed by atoms with Crippen molar-refractivity contribution in [1.82, 2.24) is 8.61 Å². The van der Waals surface area contributed by atoms with Crippen LogP contribution in [0.1, 0.15) is 52.9 Å². The monoisotopic (exact) mass is 471 g/mol. The summed E-state index contributed by atoms with van der Waals surface area (Å²) in [6, 6.07) is 6.23. The number of nitrogens with zero attached hydrogens (tertiary/aromatic N) is 2. The second kappa shape index (κ2) is 9.56. The number of nitrogens with one attached hydrogen (secondary N) is 1. The summed E-state index contributed by atoms with van der Waals surface area (Å²) < 4.78 is 53.2. The van der Waals surface area contributed by atoms with Crippen LogP contribution in [0.5, 0.6) is 0 Å². The normalized spacial score (nSPS) is 24.7. The average molecular weight is 472 g/mol. The van der Waals surface area contributed by atoms with Gasteiger partial charge in [-0.05, 0) is 70.7 Å². The molecular formula is C21H33N3O5S2. The van der Waals surface area contributed by atoms with Gasteiger partial charge in [0.2, 0.25) is 26.0 Å². The first-order valence-electron chi connectivity index (χ1n) is 11.0. The van der Waals surface area contributed by atoms with E-state index in [-0.39, 0.29) is 34.6 Å². The zero-order valence-electron chi connectivity index (χ0n) is 18.5. The molecule has 1 aromatic carbocycles. The van der Waals surface area contributed by atoms with Crippen LogP contribution >= 0.6 is 0 Å². The van der Waals surface area contributed by atoms with E-state index < -0.39 is 20.0 Å². The van der Waals surface area contributed by atoms with E-state index in [4.69, 9.17) is 0 Å². The van der Waals surface area contributed by atoms with Crippen molar-refractivity contribution in [2.24, 2.45) is 5.92 Å². The molecule has 0 unspecified atom stereocenters. The van der Waals surface area contributed by atoms with Crippen molar-refractivity contribution < 1.29 is 21.6 Å². The maximum atomic E-state index is 13.1. The Kier molecular flexibility index (Phi) is 7.45. The lowest BCUT2D eigenvalue weighted by Crippen LogP contribution is -2.47. The number of benzene rings is 1. The minimum absolute atomic E-state index is 0.0319. The van der Waals surface area contributed by atoms with Gasteiger partial charge in [-0.1, -0.05) is 6.42 Å². The van der Waals surface area contributed by atoms with Gasteiger partial charge in [0.05, 0.1) is 10.6 Å². The van der Waals surface area contributed by atoms with Gasteiger partial charge in [0.15, 0.2) is 0 Å². The molecule has 0 radical (unpaired) electrons. The third kappa shape index (κ3) is 5.30. The summed E-state index contributed by atoms with van der Waals surface area (Å²) in [5, 5.41) is 2.84. The predicted molar refractivity (Wildman–Crippen MR) is 121 cm³/mol. The standard InChI is InChI=1S/C21H33N3O5S2/c1-4-30(26,27)23-14-12-18(13-15-23)21(25)22-19-8-10-20(11-9-19)31(28,29)24-16(2)6-5-7-17(24)3/h8-11,16-18H,4-7,12-15H2,1-3H3,(H,22,25)/t16-,17+. The van der Waals surface area contributed by atoms with Crippen molar-refractivity contribution in [3.8, 4) is 0 Å². The number of piperidine rings is 2. The molecule has 2 atom stereocenters. The molecule has 31 heavy (non-hydrogen) atoms. The molecule has 1 aromatic rings. The van der Waals surface area contributed by atoms with E-state index in [0.717, 1.165) is 19.3 Å². The molecule has 0 spiro atoms. The van der Waals surface area contributed by atoms with E-state index in [1.807, 2.05) is 13.8 Å². The van der Waals surface area contributed by atoms with E-state index in [1.54, 1.807) is 23.4 Å². The van der Waals surface area contributed by atoms with Gasteiger partial charge < -0.3 is 5.32 Å². The van der Waals surface area contributed by atoms with E-state index in [1.165, 1.54) is 16.4 Å². The lowest BCUT2D eigenvalue weighted by Gasteiger charge is -2.37. The maximum Gasteiger partial charge on any atom is 0.243 e. The second-order valence-corrected chi connectivity index (χ2v) is 12.7. The molecule has 2 aliphatic rings. The highest BCUT2D eigenvalue weighted by atomic mass is 32.2. The molecular weight excluding hydrogens is 438 g/mol. The highest BCUT2D eigenvalue weighted by molar-refractivity contribution is 7.89. The summed E-state index contributed by atoms with van der Waals surface area (Å²) >= 11 is 0. The molecule has 0 aromatic heterocycles. The summed E-state index contributed by atoms with van der Waals surface area (Å²) in [6.45, 7) is 6.19. The molecule has 8 nitrogen and oxygen atoms in total. The van der Waals surface area contributed by atoms with Gasteiger partial charge >= 0.3 is 0 Å². The smallest absolute Gasteiger partial charge is 0.243 e. The largest absolute Gasteiger partial charge is 0.326 e. The molecule has 2 saturated heterocycles. The van der Waals surface area contributed by atoms with Crippen LogP contribution in [0.3, 0.4) is 0 Å². The van der Waals surface area contributed by atoms with Crippen molar-refractivity contribution in [3.63, 3.8) is 0 Å². The quantitative estimate of drug-likeness (QED) is 0.687.